The second-order valence-corrected chi connectivity index (χ2v) is 9.46. The summed E-state index contributed by atoms with van der Waals surface area (Å²) in [7, 11) is -0.586. The van der Waals surface area contributed by atoms with E-state index in [1.54, 1.807) is 41.3 Å². The first-order valence-corrected chi connectivity index (χ1v) is 11.6. The highest BCUT2D eigenvalue weighted by molar-refractivity contribution is 7.62. The molecule has 2 aromatic carbocycles. The van der Waals surface area contributed by atoms with Gasteiger partial charge in [0.2, 0.25) is 5.65 Å². The first kappa shape index (κ1) is 21.1. The van der Waals surface area contributed by atoms with Crippen molar-refractivity contribution in [2.75, 3.05) is 19.5 Å². The van der Waals surface area contributed by atoms with Crippen LogP contribution in [0.25, 0.3) is 22.2 Å². The van der Waals surface area contributed by atoms with Crippen molar-refractivity contribution in [2.24, 2.45) is 0 Å². The topological polar surface area (TPSA) is 117 Å². The van der Waals surface area contributed by atoms with Crippen LogP contribution in [0, 0.1) is 0 Å². The molecule has 0 aliphatic carbocycles. The van der Waals surface area contributed by atoms with Crippen LogP contribution in [0.1, 0.15) is 5.56 Å². The van der Waals surface area contributed by atoms with Gasteiger partial charge in [0.25, 0.3) is 0 Å². The van der Waals surface area contributed by atoms with Gasteiger partial charge in [0.15, 0.2) is 11.5 Å². The van der Waals surface area contributed by atoms with Crippen LogP contribution in [0.2, 0.25) is 0 Å². The first-order valence-electron chi connectivity index (χ1n) is 10.1. The Morgan fingerprint density at radius 3 is 2.64 bits per heavy atom. The molecular formula is C22H20N7O3P. The smallest absolute Gasteiger partial charge is 0.339 e. The van der Waals surface area contributed by atoms with E-state index in [4.69, 9.17) is 9.05 Å². The number of hydrogen-bond acceptors (Lipinski definition) is 9. The fraction of sp³-hybridized carbons (Fsp3) is 0.136. The van der Waals surface area contributed by atoms with Crippen LogP contribution in [0.15, 0.2) is 67.0 Å². The number of benzene rings is 2. The molecule has 0 spiro atoms. The fourth-order valence-corrected chi connectivity index (χ4v) is 4.56. The van der Waals surface area contributed by atoms with Crippen LogP contribution in [-0.4, -0.2) is 44.2 Å². The van der Waals surface area contributed by atoms with Gasteiger partial charge in [-0.15, -0.1) is 5.10 Å². The van der Waals surface area contributed by atoms with Crippen LogP contribution in [0.5, 0.6) is 0 Å². The van der Waals surface area contributed by atoms with Gasteiger partial charge in [-0.05, 0) is 48.0 Å². The highest BCUT2D eigenvalue weighted by Gasteiger charge is 2.23. The summed E-state index contributed by atoms with van der Waals surface area (Å²) in [5.41, 5.74) is 3.76. The van der Waals surface area contributed by atoms with Crippen molar-refractivity contribution in [3.8, 4) is 0 Å². The third kappa shape index (κ3) is 4.19. The molecule has 0 aliphatic rings. The summed E-state index contributed by atoms with van der Waals surface area (Å²) in [6.07, 6.45) is 3.37. The maximum Gasteiger partial charge on any atom is 0.360 e. The summed E-state index contributed by atoms with van der Waals surface area (Å²) in [6, 6.07) is 16.9. The van der Waals surface area contributed by atoms with Gasteiger partial charge < -0.3 is 14.4 Å². The molecule has 3 aromatic heterocycles. The predicted octanol–water partition coefficient (Wildman–Crippen LogP) is 3.67. The number of pyridine rings is 1. The molecule has 166 valence electrons. The summed E-state index contributed by atoms with van der Waals surface area (Å²) < 4.78 is 24.3. The summed E-state index contributed by atoms with van der Waals surface area (Å²) in [4.78, 5) is 13.4. The molecule has 10 nitrogen and oxygen atoms in total. The first-order chi connectivity index (χ1) is 16.1. The Morgan fingerprint density at radius 2 is 1.85 bits per heavy atom. The summed E-state index contributed by atoms with van der Waals surface area (Å²) >= 11 is 0. The molecule has 0 unspecified atom stereocenters. The molecule has 0 saturated carbocycles. The Balaban J connectivity index is 1.39. The molecule has 3 heterocycles. The largest absolute Gasteiger partial charge is 0.360 e. The Morgan fingerprint density at radius 1 is 1.03 bits per heavy atom. The number of nitrogens with one attached hydrogen (secondary N) is 1. The van der Waals surface area contributed by atoms with Gasteiger partial charge in [-0.1, -0.05) is 17.3 Å². The summed E-state index contributed by atoms with van der Waals surface area (Å²) in [5, 5.41) is 13.1. The third-order valence-electron chi connectivity index (χ3n) is 5.16. The number of anilines is 2. The van der Waals surface area contributed by atoms with E-state index in [2.05, 4.69) is 36.6 Å². The minimum atomic E-state index is -3.30. The molecule has 0 atom stereocenters. The lowest BCUT2D eigenvalue weighted by molar-refractivity contribution is 0.287. The van der Waals surface area contributed by atoms with Crippen molar-refractivity contribution in [1.82, 2.24) is 29.9 Å². The Kier molecular flexibility index (Phi) is 5.55. The number of aromatic nitrogens is 6. The van der Waals surface area contributed by atoms with Crippen LogP contribution < -0.4 is 10.6 Å². The molecule has 0 aliphatic heterocycles. The van der Waals surface area contributed by atoms with E-state index in [-0.39, 0.29) is 0 Å². The average Bonchev–Trinajstić information content (AvgIpc) is 3.26. The third-order valence-corrected chi connectivity index (χ3v) is 7.06. The van der Waals surface area contributed by atoms with E-state index in [0.29, 0.717) is 29.0 Å². The lowest BCUT2D eigenvalue weighted by Gasteiger charge is -2.14. The predicted molar refractivity (Wildman–Crippen MR) is 125 cm³/mol. The summed E-state index contributed by atoms with van der Waals surface area (Å²) in [6.45, 7) is 0.498. The van der Waals surface area contributed by atoms with Crippen LogP contribution >= 0.6 is 7.60 Å². The highest BCUT2D eigenvalue weighted by atomic mass is 31.2. The van der Waals surface area contributed by atoms with Crippen molar-refractivity contribution in [2.45, 2.75) is 6.54 Å². The molecule has 0 bridgehead atoms. The van der Waals surface area contributed by atoms with E-state index in [9.17, 15) is 4.57 Å². The minimum absolute atomic E-state index is 0.458. The number of hydrogen-bond donors (Lipinski definition) is 1. The molecule has 0 saturated heterocycles. The van der Waals surface area contributed by atoms with Crippen molar-refractivity contribution < 1.29 is 13.6 Å². The molecule has 5 aromatic rings. The normalized spacial score (nSPS) is 11.8. The second kappa shape index (κ2) is 8.67. The monoisotopic (exact) mass is 461 g/mol. The fourth-order valence-electron chi connectivity index (χ4n) is 3.48. The lowest BCUT2D eigenvalue weighted by Crippen LogP contribution is -2.08. The molecule has 33 heavy (non-hydrogen) atoms. The number of nitrogens with zero attached hydrogens (tertiary/aromatic N) is 6. The van der Waals surface area contributed by atoms with Crippen LogP contribution in [0.4, 0.5) is 11.5 Å². The van der Waals surface area contributed by atoms with Gasteiger partial charge >= 0.3 is 7.60 Å². The number of rotatable bonds is 7. The van der Waals surface area contributed by atoms with Crippen molar-refractivity contribution in [3.63, 3.8) is 0 Å². The maximum atomic E-state index is 12.5. The van der Waals surface area contributed by atoms with Gasteiger partial charge in [0, 0.05) is 31.5 Å². The molecule has 1 N–H and O–H groups in total. The minimum Gasteiger partial charge on any atom is -0.339 e. The zero-order valence-corrected chi connectivity index (χ0v) is 18.8. The lowest BCUT2D eigenvalue weighted by atomic mass is 10.1. The molecule has 0 fully saturated rings. The standard InChI is InChI=1S/C22H20N7O3P/c1-31-33(30,32-2)18-8-6-17(7-9-18)25-20-13-24-21-22(26-20)29(28-27-21)14-15-5-10-19-16(12-15)4-3-11-23-19/h3-13H,14H2,1-2H3,(H,25,26). The average molecular weight is 461 g/mol. The summed E-state index contributed by atoms with van der Waals surface area (Å²) in [5.74, 6) is 0.531. The van der Waals surface area contributed by atoms with Gasteiger partial charge in [-0.2, -0.15) is 0 Å². The van der Waals surface area contributed by atoms with Gasteiger partial charge in [-0.25, -0.2) is 14.6 Å². The van der Waals surface area contributed by atoms with Gasteiger partial charge in [0.05, 0.1) is 23.6 Å². The Bertz CT molecular complexity index is 1480. The van der Waals surface area contributed by atoms with Gasteiger partial charge in [0.1, 0.15) is 0 Å². The van der Waals surface area contributed by atoms with Crippen LogP contribution in [-0.2, 0) is 20.2 Å². The molecule has 0 radical (unpaired) electrons. The van der Waals surface area contributed by atoms with E-state index in [0.717, 1.165) is 22.2 Å². The van der Waals surface area contributed by atoms with Crippen LogP contribution in [0.3, 0.4) is 0 Å². The van der Waals surface area contributed by atoms with E-state index >= 15 is 0 Å². The van der Waals surface area contributed by atoms with E-state index in [1.165, 1.54) is 14.2 Å². The van der Waals surface area contributed by atoms with E-state index < -0.39 is 7.60 Å². The van der Waals surface area contributed by atoms with Crippen molar-refractivity contribution >= 4 is 46.6 Å². The van der Waals surface area contributed by atoms with Crippen molar-refractivity contribution in [1.29, 1.82) is 0 Å². The Labute approximate surface area is 189 Å². The molecule has 11 heteroatoms. The molecular weight excluding hydrogens is 441 g/mol. The zero-order chi connectivity index (χ0) is 22.8. The quantitative estimate of drug-likeness (QED) is 0.362. The molecule has 0 amide bonds. The zero-order valence-electron chi connectivity index (χ0n) is 17.9. The number of fused-ring (bicyclic) bond motifs is 2. The van der Waals surface area contributed by atoms with E-state index in [1.807, 2.05) is 24.3 Å². The second-order valence-electron chi connectivity index (χ2n) is 7.21. The Hall–Kier alpha value is -3.72. The highest BCUT2D eigenvalue weighted by Crippen LogP contribution is 2.45. The van der Waals surface area contributed by atoms with Gasteiger partial charge in [-0.3, -0.25) is 9.55 Å². The van der Waals surface area contributed by atoms with Crippen molar-refractivity contribution in [3.05, 3.63) is 72.6 Å². The molecule has 5 rings (SSSR count). The maximum absolute atomic E-state index is 12.5. The SMILES string of the molecule is COP(=O)(OC)c1ccc(Nc2cnc3nnn(Cc4ccc5ncccc5c4)c3n2)cc1.